The molecule has 0 saturated heterocycles. The highest BCUT2D eigenvalue weighted by molar-refractivity contribution is 6.01. The summed E-state index contributed by atoms with van der Waals surface area (Å²) in [5, 5.41) is 4.10. The van der Waals surface area contributed by atoms with E-state index in [0.29, 0.717) is 17.8 Å². The normalized spacial score (nSPS) is 10.7. The summed E-state index contributed by atoms with van der Waals surface area (Å²) < 4.78 is 6.76. The van der Waals surface area contributed by atoms with Crippen LogP contribution in [-0.2, 0) is 4.74 Å². The molecule has 3 aromatic rings. The van der Waals surface area contributed by atoms with Crippen molar-refractivity contribution in [3.8, 4) is 11.1 Å². The number of pyridine rings is 1. The molecule has 0 aliphatic rings. The van der Waals surface area contributed by atoms with Crippen LogP contribution in [0, 0.1) is 0 Å². The molecule has 2 heterocycles. The summed E-state index contributed by atoms with van der Waals surface area (Å²) >= 11 is 0. The van der Waals surface area contributed by atoms with E-state index in [9.17, 15) is 4.79 Å². The third-order valence-corrected chi connectivity index (χ3v) is 3.01. The van der Waals surface area contributed by atoms with Gasteiger partial charge in [-0.3, -0.25) is 0 Å². The van der Waals surface area contributed by atoms with Gasteiger partial charge >= 0.3 is 5.97 Å². The second-order valence-electron chi connectivity index (χ2n) is 4.22. The van der Waals surface area contributed by atoms with E-state index in [2.05, 4.69) is 10.1 Å². The summed E-state index contributed by atoms with van der Waals surface area (Å²) in [5.41, 5.74) is 2.79. The van der Waals surface area contributed by atoms with E-state index in [1.807, 2.05) is 30.3 Å². The molecule has 0 bridgehead atoms. The molecule has 0 aliphatic carbocycles. The molecule has 1 aromatic carbocycles. The van der Waals surface area contributed by atoms with Crippen molar-refractivity contribution in [3.05, 3.63) is 54.5 Å². The number of benzene rings is 1. The van der Waals surface area contributed by atoms with Crippen molar-refractivity contribution in [2.24, 2.45) is 0 Å². The van der Waals surface area contributed by atoms with Gasteiger partial charge in [-0.15, -0.1) is 0 Å². The second kappa shape index (κ2) is 5.13. The van der Waals surface area contributed by atoms with Crippen molar-refractivity contribution in [2.45, 2.75) is 6.92 Å². The Morgan fingerprint density at radius 2 is 2.05 bits per heavy atom. The molecule has 2 aromatic heterocycles. The van der Waals surface area contributed by atoms with Crippen molar-refractivity contribution in [1.29, 1.82) is 0 Å². The topological polar surface area (TPSA) is 56.5 Å². The van der Waals surface area contributed by atoms with Gasteiger partial charge in [0.2, 0.25) is 0 Å². The minimum atomic E-state index is -0.350. The molecule has 0 unspecified atom stereocenters. The molecule has 0 aliphatic heterocycles. The van der Waals surface area contributed by atoms with Gasteiger partial charge in [0.1, 0.15) is 6.33 Å². The maximum absolute atomic E-state index is 12.1. The fourth-order valence-electron chi connectivity index (χ4n) is 2.16. The van der Waals surface area contributed by atoms with E-state index >= 15 is 0 Å². The second-order valence-corrected chi connectivity index (χ2v) is 4.22. The van der Waals surface area contributed by atoms with Crippen LogP contribution < -0.4 is 0 Å². The molecule has 0 atom stereocenters. The van der Waals surface area contributed by atoms with Gasteiger partial charge < -0.3 is 4.74 Å². The maximum atomic E-state index is 12.1. The average Bonchev–Trinajstić information content (AvgIpc) is 2.95. The Labute approximate surface area is 115 Å². The number of ether oxygens (including phenoxy) is 1. The first-order chi connectivity index (χ1) is 9.81. The molecule has 0 saturated carbocycles. The van der Waals surface area contributed by atoms with E-state index < -0.39 is 0 Å². The molecule has 0 spiro atoms. The molecule has 0 radical (unpaired) electrons. The molecule has 0 N–H and O–H groups in total. The maximum Gasteiger partial charge on any atom is 0.338 e. The molecule has 3 rings (SSSR count). The molecular formula is C15H13N3O2. The Kier molecular flexibility index (Phi) is 3.16. The van der Waals surface area contributed by atoms with Gasteiger partial charge in [-0.2, -0.15) is 5.10 Å². The standard InChI is InChI=1S/C15H13N3O2/c1-2-20-15(19)12-8-9-18-14(16-10-17-18)13(12)11-6-4-3-5-7-11/h3-10H,2H2,1H3. The fourth-order valence-corrected chi connectivity index (χ4v) is 2.16. The van der Waals surface area contributed by atoms with Crippen molar-refractivity contribution >= 4 is 11.6 Å². The summed E-state index contributed by atoms with van der Waals surface area (Å²) in [4.78, 5) is 16.4. The van der Waals surface area contributed by atoms with Gasteiger partial charge in [-0.25, -0.2) is 14.3 Å². The Balaban J connectivity index is 2.27. The third kappa shape index (κ3) is 2.03. The van der Waals surface area contributed by atoms with Crippen molar-refractivity contribution in [3.63, 3.8) is 0 Å². The van der Waals surface area contributed by atoms with Crippen LogP contribution in [0.25, 0.3) is 16.8 Å². The van der Waals surface area contributed by atoms with Crippen LogP contribution in [0.3, 0.4) is 0 Å². The molecule has 0 fully saturated rings. The third-order valence-electron chi connectivity index (χ3n) is 3.01. The van der Waals surface area contributed by atoms with Crippen LogP contribution in [0.4, 0.5) is 0 Å². The van der Waals surface area contributed by atoms with Crippen LogP contribution >= 0.6 is 0 Å². The predicted octanol–water partition coefficient (Wildman–Crippen LogP) is 2.57. The fraction of sp³-hybridized carbons (Fsp3) is 0.133. The number of aromatic nitrogens is 3. The van der Waals surface area contributed by atoms with Crippen LogP contribution in [0.2, 0.25) is 0 Å². The first-order valence-corrected chi connectivity index (χ1v) is 6.36. The van der Waals surface area contributed by atoms with Gasteiger partial charge in [0, 0.05) is 11.8 Å². The van der Waals surface area contributed by atoms with Crippen molar-refractivity contribution in [2.75, 3.05) is 6.61 Å². The zero-order valence-electron chi connectivity index (χ0n) is 11.0. The van der Waals surface area contributed by atoms with Crippen LogP contribution in [0.15, 0.2) is 48.9 Å². The summed E-state index contributed by atoms with van der Waals surface area (Å²) in [6.07, 6.45) is 3.18. The number of carbonyl (C=O) groups excluding carboxylic acids is 1. The molecule has 5 nitrogen and oxygen atoms in total. The number of rotatable bonds is 3. The number of esters is 1. The largest absolute Gasteiger partial charge is 0.462 e. The first kappa shape index (κ1) is 12.3. The number of fused-ring (bicyclic) bond motifs is 1. The zero-order chi connectivity index (χ0) is 13.9. The van der Waals surface area contributed by atoms with E-state index in [0.717, 1.165) is 11.1 Å². The summed E-state index contributed by atoms with van der Waals surface area (Å²) in [5.74, 6) is -0.350. The van der Waals surface area contributed by atoms with E-state index in [1.54, 1.807) is 23.7 Å². The quantitative estimate of drug-likeness (QED) is 0.684. The lowest BCUT2D eigenvalue weighted by molar-refractivity contribution is 0.0527. The van der Waals surface area contributed by atoms with Gasteiger partial charge in [-0.1, -0.05) is 30.3 Å². The van der Waals surface area contributed by atoms with Gasteiger partial charge in [0.25, 0.3) is 0 Å². The summed E-state index contributed by atoms with van der Waals surface area (Å²) in [7, 11) is 0. The van der Waals surface area contributed by atoms with Gasteiger partial charge in [-0.05, 0) is 18.6 Å². The highest BCUT2D eigenvalue weighted by atomic mass is 16.5. The lowest BCUT2D eigenvalue weighted by Crippen LogP contribution is -2.08. The molecular weight excluding hydrogens is 254 g/mol. The van der Waals surface area contributed by atoms with E-state index in [-0.39, 0.29) is 5.97 Å². The smallest absolute Gasteiger partial charge is 0.338 e. The Morgan fingerprint density at radius 1 is 1.25 bits per heavy atom. The monoisotopic (exact) mass is 267 g/mol. The predicted molar refractivity (Wildman–Crippen MR) is 74.4 cm³/mol. The van der Waals surface area contributed by atoms with Crippen LogP contribution in [0.5, 0.6) is 0 Å². The van der Waals surface area contributed by atoms with Crippen molar-refractivity contribution in [1.82, 2.24) is 14.6 Å². The Morgan fingerprint density at radius 3 is 2.80 bits per heavy atom. The van der Waals surface area contributed by atoms with Crippen molar-refractivity contribution < 1.29 is 9.53 Å². The Bertz CT molecular complexity index is 750. The summed E-state index contributed by atoms with van der Waals surface area (Å²) in [6, 6.07) is 11.4. The van der Waals surface area contributed by atoms with Crippen LogP contribution in [-0.4, -0.2) is 27.2 Å². The molecule has 20 heavy (non-hydrogen) atoms. The van der Waals surface area contributed by atoms with E-state index in [4.69, 9.17) is 4.74 Å². The first-order valence-electron chi connectivity index (χ1n) is 6.36. The molecule has 100 valence electrons. The lowest BCUT2D eigenvalue weighted by Gasteiger charge is -2.10. The van der Waals surface area contributed by atoms with Gasteiger partial charge in [0.05, 0.1) is 12.2 Å². The molecule has 0 amide bonds. The number of carbonyl (C=O) groups is 1. The molecule has 5 heteroatoms. The number of hydrogen-bond acceptors (Lipinski definition) is 4. The minimum absolute atomic E-state index is 0.338. The summed E-state index contributed by atoms with van der Waals surface area (Å²) in [6.45, 7) is 2.13. The van der Waals surface area contributed by atoms with Crippen LogP contribution in [0.1, 0.15) is 17.3 Å². The van der Waals surface area contributed by atoms with E-state index in [1.165, 1.54) is 6.33 Å². The number of nitrogens with zero attached hydrogens (tertiary/aromatic N) is 3. The Hall–Kier alpha value is -2.69. The number of hydrogen-bond donors (Lipinski definition) is 0. The highest BCUT2D eigenvalue weighted by Gasteiger charge is 2.18. The zero-order valence-corrected chi connectivity index (χ0v) is 11.0. The van der Waals surface area contributed by atoms with Gasteiger partial charge in [0.15, 0.2) is 5.65 Å². The minimum Gasteiger partial charge on any atom is -0.462 e. The SMILES string of the molecule is CCOC(=O)c1ccn2ncnc2c1-c1ccccc1. The highest BCUT2D eigenvalue weighted by Crippen LogP contribution is 2.27. The lowest BCUT2D eigenvalue weighted by atomic mass is 10.0. The average molecular weight is 267 g/mol.